The Balaban J connectivity index is 2.11. The highest BCUT2D eigenvalue weighted by Gasteiger charge is 2.28. The topological polar surface area (TPSA) is 59.0 Å². The van der Waals surface area contributed by atoms with E-state index in [-0.39, 0.29) is 5.56 Å². The Labute approximate surface area is 119 Å². The van der Waals surface area contributed by atoms with Crippen molar-refractivity contribution >= 4 is 5.97 Å². The van der Waals surface area contributed by atoms with Gasteiger partial charge < -0.3 is 14.6 Å². The van der Waals surface area contributed by atoms with E-state index in [4.69, 9.17) is 9.47 Å². The van der Waals surface area contributed by atoms with Crippen molar-refractivity contribution in [1.29, 1.82) is 0 Å². The van der Waals surface area contributed by atoms with Crippen molar-refractivity contribution in [2.75, 3.05) is 27.4 Å². The molecule has 5 heteroatoms. The molecule has 0 spiro atoms. The smallest absolute Gasteiger partial charge is 0.339 e. The molecule has 1 aromatic rings. The average molecular weight is 279 g/mol. The average Bonchev–Trinajstić information content (AvgIpc) is 3.27. The van der Waals surface area contributed by atoms with Crippen molar-refractivity contribution < 1.29 is 19.4 Å². The summed E-state index contributed by atoms with van der Waals surface area (Å²) in [4.78, 5) is 13.6. The van der Waals surface area contributed by atoms with Gasteiger partial charge in [-0.15, -0.1) is 0 Å². The van der Waals surface area contributed by atoms with E-state index in [0.29, 0.717) is 18.4 Å². The Morgan fingerprint density at radius 3 is 2.70 bits per heavy atom. The van der Waals surface area contributed by atoms with Crippen LogP contribution in [0.2, 0.25) is 0 Å². The highest BCUT2D eigenvalue weighted by molar-refractivity contribution is 5.91. The summed E-state index contributed by atoms with van der Waals surface area (Å²) in [5.41, 5.74) is 1.21. The molecule has 1 aliphatic carbocycles. The number of carboxylic acids is 1. The maximum atomic E-state index is 11.2. The highest BCUT2D eigenvalue weighted by atomic mass is 16.5. The van der Waals surface area contributed by atoms with Crippen molar-refractivity contribution in [3.8, 4) is 5.75 Å². The Hall–Kier alpha value is -1.59. The van der Waals surface area contributed by atoms with Crippen molar-refractivity contribution in [1.82, 2.24) is 4.90 Å². The molecular weight excluding hydrogens is 258 g/mol. The molecule has 5 nitrogen and oxygen atoms in total. The zero-order valence-electron chi connectivity index (χ0n) is 12.0. The number of hydrogen-bond donors (Lipinski definition) is 1. The van der Waals surface area contributed by atoms with Crippen LogP contribution in [0.15, 0.2) is 18.2 Å². The molecule has 0 aliphatic heterocycles. The molecule has 1 fully saturated rings. The summed E-state index contributed by atoms with van der Waals surface area (Å²) in [5.74, 6) is -0.560. The lowest BCUT2D eigenvalue weighted by Gasteiger charge is -2.22. The Morgan fingerprint density at radius 1 is 1.40 bits per heavy atom. The van der Waals surface area contributed by atoms with Crippen LogP contribution < -0.4 is 4.74 Å². The molecule has 1 aromatic carbocycles. The predicted molar refractivity (Wildman–Crippen MR) is 75.3 cm³/mol. The lowest BCUT2D eigenvalue weighted by atomic mass is 10.1. The summed E-state index contributed by atoms with van der Waals surface area (Å²) < 4.78 is 10.2. The molecule has 1 aliphatic rings. The normalized spacial score (nSPS) is 14.6. The van der Waals surface area contributed by atoms with Crippen LogP contribution in [0.4, 0.5) is 0 Å². The van der Waals surface area contributed by atoms with Gasteiger partial charge in [-0.2, -0.15) is 0 Å². The third-order valence-electron chi connectivity index (χ3n) is 3.53. The van der Waals surface area contributed by atoms with Gasteiger partial charge in [-0.05, 0) is 30.5 Å². The van der Waals surface area contributed by atoms with Gasteiger partial charge in [0.1, 0.15) is 11.3 Å². The van der Waals surface area contributed by atoms with Gasteiger partial charge in [-0.3, -0.25) is 4.90 Å². The Kier molecular flexibility index (Phi) is 4.98. The van der Waals surface area contributed by atoms with Crippen LogP contribution in [0.1, 0.15) is 28.8 Å². The predicted octanol–water partition coefficient (Wildman–Crippen LogP) is 2.00. The number of aromatic carboxylic acids is 1. The van der Waals surface area contributed by atoms with Crippen molar-refractivity contribution in [3.63, 3.8) is 0 Å². The van der Waals surface area contributed by atoms with Crippen molar-refractivity contribution in [2.24, 2.45) is 0 Å². The molecule has 0 bridgehead atoms. The SMILES string of the molecule is COCCN(Cc1ccc(OC)c(C(=O)O)c1)C1CC1. The fraction of sp³-hybridized carbons (Fsp3) is 0.533. The lowest BCUT2D eigenvalue weighted by molar-refractivity contribution is 0.0693. The quantitative estimate of drug-likeness (QED) is 0.788. The van der Waals surface area contributed by atoms with E-state index >= 15 is 0 Å². The third kappa shape index (κ3) is 3.71. The Morgan fingerprint density at radius 2 is 2.15 bits per heavy atom. The number of carbonyl (C=O) groups is 1. The summed E-state index contributed by atoms with van der Waals surface area (Å²) in [6.45, 7) is 2.31. The maximum absolute atomic E-state index is 11.2. The minimum absolute atomic E-state index is 0.215. The number of methoxy groups -OCH3 is 2. The van der Waals surface area contributed by atoms with Gasteiger partial charge in [0.25, 0.3) is 0 Å². The molecule has 2 rings (SSSR count). The third-order valence-corrected chi connectivity index (χ3v) is 3.53. The van der Waals surface area contributed by atoms with E-state index in [1.807, 2.05) is 6.07 Å². The molecule has 0 atom stereocenters. The van der Waals surface area contributed by atoms with E-state index in [9.17, 15) is 9.90 Å². The van der Waals surface area contributed by atoms with Gasteiger partial charge in [0.15, 0.2) is 0 Å². The van der Waals surface area contributed by atoms with Crippen LogP contribution >= 0.6 is 0 Å². The van der Waals surface area contributed by atoms with Gasteiger partial charge >= 0.3 is 5.97 Å². The number of ether oxygens (including phenoxy) is 2. The Bertz CT molecular complexity index is 471. The number of nitrogens with zero attached hydrogens (tertiary/aromatic N) is 1. The van der Waals surface area contributed by atoms with Gasteiger partial charge in [-0.25, -0.2) is 4.79 Å². The number of carboxylic acid groups (broad SMARTS) is 1. The molecule has 110 valence electrons. The minimum Gasteiger partial charge on any atom is -0.496 e. The minimum atomic E-state index is -0.960. The van der Waals surface area contributed by atoms with Gasteiger partial charge in [0.05, 0.1) is 13.7 Å². The van der Waals surface area contributed by atoms with Crippen LogP contribution in [0.5, 0.6) is 5.75 Å². The van der Waals surface area contributed by atoms with Crippen LogP contribution in [-0.2, 0) is 11.3 Å². The summed E-state index contributed by atoms with van der Waals surface area (Å²) >= 11 is 0. The first-order chi connectivity index (χ1) is 9.65. The van der Waals surface area contributed by atoms with Crippen LogP contribution in [0, 0.1) is 0 Å². The second kappa shape index (κ2) is 6.72. The molecule has 0 saturated heterocycles. The van der Waals surface area contributed by atoms with E-state index in [2.05, 4.69) is 4.90 Å². The largest absolute Gasteiger partial charge is 0.496 e. The molecule has 0 radical (unpaired) electrons. The fourth-order valence-electron chi connectivity index (χ4n) is 2.29. The maximum Gasteiger partial charge on any atom is 0.339 e. The lowest BCUT2D eigenvalue weighted by Crippen LogP contribution is -2.29. The second-order valence-electron chi connectivity index (χ2n) is 5.03. The molecule has 1 N–H and O–H groups in total. The van der Waals surface area contributed by atoms with Crippen molar-refractivity contribution in [2.45, 2.75) is 25.4 Å². The van der Waals surface area contributed by atoms with E-state index < -0.39 is 5.97 Å². The number of hydrogen-bond acceptors (Lipinski definition) is 4. The van der Waals surface area contributed by atoms with Gasteiger partial charge in [-0.1, -0.05) is 6.07 Å². The molecular formula is C15H21NO4. The van der Waals surface area contributed by atoms with Crippen LogP contribution in [-0.4, -0.2) is 49.4 Å². The highest BCUT2D eigenvalue weighted by Crippen LogP contribution is 2.29. The monoisotopic (exact) mass is 279 g/mol. The summed E-state index contributed by atoms with van der Waals surface area (Å²) in [6.07, 6.45) is 2.43. The number of benzene rings is 1. The summed E-state index contributed by atoms with van der Waals surface area (Å²) in [5, 5.41) is 9.20. The molecule has 0 aromatic heterocycles. The first-order valence-electron chi connectivity index (χ1n) is 6.79. The molecule has 0 unspecified atom stereocenters. The van der Waals surface area contributed by atoms with E-state index in [0.717, 1.165) is 18.7 Å². The fourth-order valence-corrected chi connectivity index (χ4v) is 2.29. The first kappa shape index (κ1) is 14.8. The first-order valence-corrected chi connectivity index (χ1v) is 6.79. The van der Waals surface area contributed by atoms with Crippen LogP contribution in [0.3, 0.4) is 0 Å². The molecule has 0 heterocycles. The number of rotatable bonds is 8. The van der Waals surface area contributed by atoms with Crippen molar-refractivity contribution in [3.05, 3.63) is 29.3 Å². The van der Waals surface area contributed by atoms with E-state index in [1.165, 1.54) is 20.0 Å². The second-order valence-corrected chi connectivity index (χ2v) is 5.03. The zero-order valence-corrected chi connectivity index (χ0v) is 12.0. The van der Waals surface area contributed by atoms with Gasteiger partial charge in [0, 0.05) is 26.2 Å². The summed E-state index contributed by atoms with van der Waals surface area (Å²) in [6, 6.07) is 5.96. The van der Waals surface area contributed by atoms with E-state index in [1.54, 1.807) is 19.2 Å². The van der Waals surface area contributed by atoms with Gasteiger partial charge in [0.2, 0.25) is 0 Å². The molecule has 20 heavy (non-hydrogen) atoms. The standard InChI is InChI=1S/C15H21NO4/c1-19-8-7-16(12-4-5-12)10-11-3-6-14(20-2)13(9-11)15(17)18/h3,6,9,12H,4-5,7-8,10H2,1-2H3,(H,17,18). The molecule has 1 saturated carbocycles. The zero-order chi connectivity index (χ0) is 14.5. The van der Waals surface area contributed by atoms with Crippen LogP contribution in [0.25, 0.3) is 0 Å². The summed E-state index contributed by atoms with van der Waals surface area (Å²) in [7, 11) is 3.18. The molecule has 0 amide bonds.